The monoisotopic (exact) mass is 236 g/mol. The van der Waals surface area contributed by atoms with E-state index in [1.807, 2.05) is 0 Å². The molecule has 0 spiro atoms. The number of carbonyl (C=O) groups is 2. The molecule has 5 nitrogen and oxygen atoms in total. The van der Waals surface area contributed by atoms with E-state index < -0.39 is 5.97 Å². The van der Waals surface area contributed by atoms with E-state index in [0.29, 0.717) is 15.3 Å². The Hall–Kier alpha value is -1.95. The maximum absolute atomic E-state index is 10.9. The van der Waals surface area contributed by atoms with Crippen molar-refractivity contribution in [3.05, 3.63) is 23.8 Å². The van der Waals surface area contributed by atoms with Crippen LogP contribution in [0, 0.1) is 0 Å². The van der Waals surface area contributed by atoms with Gasteiger partial charge in [0.1, 0.15) is 0 Å². The highest BCUT2D eigenvalue weighted by Gasteiger charge is 2.12. The third kappa shape index (κ3) is 1.87. The Labute approximate surface area is 94.7 Å². The topological polar surface area (TPSA) is 79.3 Å². The van der Waals surface area contributed by atoms with Gasteiger partial charge in [0, 0.05) is 6.92 Å². The first-order chi connectivity index (χ1) is 7.58. The summed E-state index contributed by atoms with van der Waals surface area (Å²) in [6.07, 6.45) is 0. The van der Waals surface area contributed by atoms with E-state index >= 15 is 0 Å². The van der Waals surface area contributed by atoms with Crippen LogP contribution in [0.15, 0.2) is 18.2 Å². The van der Waals surface area contributed by atoms with Gasteiger partial charge in [-0.1, -0.05) is 17.4 Å². The Morgan fingerprint density at radius 3 is 2.81 bits per heavy atom. The van der Waals surface area contributed by atoms with E-state index in [1.54, 1.807) is 12.1 Å². The van der Waals surface area contributed by atoms with Crippen molar-refractivity contribution >= 4 is 38.6 Å². The molecule has 0 aliphatic rings. The first-order valence-electron chi connectivity index (χ1n) is 4.48. The number of carboxylic acid groups (broad SMARTS) is 1. The van der Waals surface area contributed by atoms with Crippen molar-refractivity contribution in [2.45, 2.75) is 6.92 Å². The minimum Gasteiger partial charge on any atom is -0.478 e. The number of amides is 1. The summed E-state index contributed by atoms with van der Waals surface area (Å²) in [5, 5.41) is 11.9. The Morgan fingerprint density at radius 1 is 1.44 bits per heavy atom. The van der Waals surface area contributed by atoms with Gasteiger partial charge in [-0.05, 0) is 12.1 Å². The molecule has 2 rings (SSSR count). The fourth-order valence-corrected chi connectivity index (χ4v) is 2.34. The summed E-state index contributed by atoms with van der Waals surface area (Å²) in [5.74, 6) is -1.22. The van der Waals surface area contributed by atoms with Crippen molar-refractivity contribution in [1.82, 2.24) is 4.98 Å². The normalized spacial score (nSPS) is 10.3. The molecule has 2 aromatic rings. The molecule has 0 aliphatic heterocycles. The maximum Gasteiger partial charge on any atom is 0.337 e. The molecule has 1 heterocycles. The Morgan fingerprint density at radius 2 is 2.19 bits per heavy atom. The van der Waals surface area contributed by atoms with E-state index in [0.717, 1.165) is 11.3 Å². The zero-order valence-electron chi connectivity index (χ0n) is 8.35. The van der Waals surface area contributed by atoms with Gasteiger partial charge in [-0.15, -0.1) is 0 Å². The number of aromatic nitrogens is 1. The molecule has 0 atom stereocenters. The van der Waals surface area contributed by atoms with Gasteiger partial charge in [0.05, 0.1) is 15.8 Å². The highest BCUT2D eigenvalue weighted by molar-refractivity contribution is 7.22. The van der Waals surface area contributed by atoms with E-state index in [9.17, 15) is 9.59 Å². The molecule has 0 bridgehead atoms. The standard InChI is InChI=1S/C10H8N2O3S/c1-5(13)11-10-12-7-4-2-3-6(9(14)15)8(7)16-10/h2-4H,1H3,(H,14,15)(H,11,12,13). The van der Waals surface area contributed by atoms with Crippen LogP contribution in [0.1, 0.15) is 17.3 Å². The largest absolute Gasteiger partial charge is 0.478 e. The number of hydrogen-bond donors (Lipinski definition) is 2. The quantitative estimate of drug-likeness (QED) is 0.835. The highest BCUT2D eigenvalue weighted by atomic mass is 32.1. The summed E-state index contributed by atoms with van der Waals surface area (Å²) in [6, 6.07) is 4.85. The average molecular weight is 236 g/mol. The van der Waals surface area contributed by atoms with Gasteiger partial charge in [0.2, 0.25) is 5.91 Å². The number of fused-ring (bicyclic) bond motifs is 1. The third-order valence-corrected chi connectivity index (χ3v) is 2.95. The number of carboxylic acids is 1. The van der Waals surface area contributed by atoms with Crippen LogP contribution in [0.3, 0.4) is 0 Å². The van der Waals surface area contributed by atoms with E-state index in [-0.39, 0.29) is 11.5 Å². The molecule has 0 saturated carbocycles. The lowest BCUT2D eigenvalue weighted by molar-refractivity contribution is -0.114. The number of rotatable bonds is 2. The number of aromatic carboxylic acids is 1. The molecule has 0 fully saturated rings. The summed E-state index contributed by atoms with van der Waals surface area (Å²) < 4.78 is 0.568. The Balaban J connectivity index is 2.56. The van der Waals surface area contributed by atoms with Crippen LogP contribution in [-0.2, 0) is 4.79 Å². The molecule has 0 unspecified atom stereocenters. The van der Waals surface area contributed by atoms with Gasteiger partial charge < -0.3 is 10.4 Å². The summed E-state index contributed by atoms with van der Waals surface area (Å²) in [7, 11) is 0. The van der Waals surface area contributed by atoms with Gasteiger partial charge in [-0.3, -0.25) is 4.79 Å². The molecule has 6 heteroatoms. The van der Waals surface area contributed by atoms with Crippen molar-refractivity contribution in [3.63, 3.8) is 0 Å². The SMILES string of the molecule is CC(=O)Nc1nc2cccc(C(=O)O)c2s1. The van der Waals surface area contributed by atoms with Crippen LogP contribution in [0.5, 0.6) is 0 Å². The second kappa shape index (κ2) is 3.90. The van der Waals surface area contributed by atoms with Crippen LogP contribution in [0.2, 0.25) is 0 Å². The van der Waals surface area contributed by atoms with Gasteiger partial charge in [0.25, 0.3) is 0 Å². The smallest absolute Gasteiger partial charge is 0.337 e. The van der Waals surface area contributed by atoms with Crippen LogP contribution in [0.25, 0.3) is 10.2 Å². The number of carbonyl (C=O) groups excluding carboxylic acids is 1. The molecule has 0 radical (unpaired) electrons. The molecule has 1 aromatic heterocycles. The van der Waals surface area contributed by atoms with Crippen LogP contribution in [-0.4, -0.2) is 22.0 Å². The van der Waals surface area contributed by atoms with Crippen molar-refractivity contribution in [2.24, 2.45) is 0 Å². The maximum atomic E-state index is 10.9. The van der Waals surface area contributed by atoms with Crippen molar-refractivity contribution in [2.75, 3.05) is 5.32 Å². The molecule has 1 aromatic carbocycles. The molecule has 1 amide bonds. The fraction of sp³-hybridized carbons (Fsp3) is 0.100. The molecular weight excluding hydrogens is 228 g/mol. The first kappa shape index (κ1) is 10.6. The van der Waals surface area contributed by atoms with Gasteiger partial charge in [-0.25, -0.2) is 9.78 Å². The predicted molar refractivity (Wildman–Crippen MR) is 60.9 cm³/mol. The highest BCUT2D eigenvalue weighted by Crippen LogP contribution is 2.28. The summed E-state index contributed by atoms with van der Waals surface area (Å²) >= 11 is 1.16. The molecule has 16 heavy (non-hydrogen) atoms. The predicted octanol–water partition coefficient (Wildman–Crippen LogP) is 1.95. The minimum absolute atomic E-state index is 0.201. The van der Waals surface area contributed by atoms with Gasteiger partial charge in [0.15, 0.2) is 5.13 Å². The number of thiazole rings is 1. The van der Waals surface area contributed by atoms with Gasteiger partial charge in [-0.2, -0.15) is 0 Å². The van der Waals surface area contributed by atoms with Crippen molar-refractivity contribution in [3.8, 4) is 0 Å². The number of anilines is 1. The Kier molecular flexibility index (Phi) is 2.57. The lowest BCUT2D eigenvalue weighted by Gasteiger charge is -1.93. The van der Waals surface area contributed by atoms with Crippen LogP contribution >= 0.6 is 11.3 Å². The average Bonchev–Trinajstić information content (AvgIpc) is 2.57. The Bertz CT molecular complexity index is 576. The van der Waals surface area contributed by atoms with Crippen molar-refractivity contribution in [1.29, 1.82) is 0 Å². The molecule has 82 valence electrons. The first-order valence-corrected chi connectivity index (χ1v) is 5.30. The molecule has 2 N–H and O–H groups in total. The number of nitrogens with one attached hydrogen (secondary N) is 1. The summed E-state index contributed by atoms with van der Waals surface area (Å²) in [5.41, 5.74) is 0.778. The van der Waals surface area contributed by atoms with Crippen LogP contribution in [0.4, 0.5) is 5.13 Å². The van der Waals surface area contributed by atoms with E-state index in [1.165, 1.54) is 13.0 Å². The zero-order valence-corrected chi connectivity index (χ0v) is 9.17. The second-order valence-corrected chi connectivity index (χ2v) is 4.16. The minimum atomic E-state index is -0.997. The number of nitrogens with zero attached hydrogens (tertiary/aromatic N) is 1. The lowest BCUT2D eigenvalue weighted by Crippen LogP contribution is -2.04. The molecule has 0 saturated heterocycles. The third-order valence-electron chi connectivity index (χ3n) is 1.93. The molecular formula is C10H8N2O3S. The lowest BCUT2D eigenvalue weighted by atomic mass is 10.2. The number of benzene rings is 1. The fourth-order valence-electron chi connectivity index (χ4n) is 1.32. The number of hydrogen-bond acceptors (Lipinski definition) is 4. The molecule has 0 aliphatic carbocycles. The van der Waals surface area contributed by atoms with Gasteiger partial charge >= 0.3 is 5.97 Å². The second-order valence-electron chi connectivity index (χ2n) is 3.16. The van der Waals surface area contributed by atoms with E-state index in [4.69, 9.17) is 5.11 Å². The zero-order chi connectivity index (χ0) is 11.7. The van der Waals surface area contributed by atoms with Crippen molar-refractivity contribution < 1.29 is 14.7 Å². The summed E-state index contributed by atoms with van der Waals surface area (Å²) in [4.78, 5) is 25.9. The summed E-state index contributed by atoms with van der Waals surface area (Å²) in [6.45, 7) is 1.38. The van der Waals surface area contributed by atoms with E-state index in [2.05, 4.69) is 10.3 Å². The van der Waals surface area contributed by atoms with Crippen LogP contribution < -0.4 is 5.32 Å².